The number of furan rings is 1. The second-order valence-corrected chi connectivity index (χ2v) is 7.85. The molecule has 0 aliphatic rings. The van der Waals surface area contributed by atoms with E-state index in [1.807, 2.05) is 36.4 Å². The highest BCUT2D eigenvalue weighted by Crippen LogP contribution is 2.43. The van der Waals surface area contributed by atoms with Gasteiger partial charge in [0.2, 0.25) is 0 Å². The molecule has 0 amide bonds. The van der Waals surface area contributed by atoms with Crippen LogP contribution in [0.15, 0.2) is 83.3 Å². The van der Waals surface area contributed by atoms with Crippen molar-refractivity contribution in [1.29, 1.82) is 0 Å². The van der Waals surface area contributed by atoms with E-state index in [1.165, 1.54) is 21.7 Å². The first kappa shape index (κ1) is 14.8. The van der Waals surface area contributed by atoms with Crippen LogP contribution in [0.3, 0.4) is 0 Å². The van der Waals surface area contributed by atoms with Crippen molar-refractivity contribution in [1.82, 2.24) is 14.4 Å². The zero-order valence-corrected chi connectivity index (χ0v) is 15.8. The lowest BCUT2D eigenvalue weighted by atomic mass is 10.0. The number of nitrogens with zero attached hydrogens (tertiary/aromatic N) is 3. The van der Waals surface area contributed by atoms with Crippen LogP contribution in [-0.4, -0.2) is 14.4 Å². The van der Waals surface area contributed by atoms with E-state index in [9.17, 15) is 0 Å². The van der Waals surface area contributed by atoms with Crippen LogP contribution in [0.5, 0.6) is 0 Å². The Kier molecular flexibility index (Phi) is 2.39. The van der Waals surface area contributed by atoms with E-state index in [1.54, 1.807) is 0 Å². The molecule has 30 heavy (non-hydrogen) atoms. The van der Waals surface area contributed by atoms with E-state index < -0.39 is 0 Å². The first-order chi connectivity index (χ1) is 14.9. The third-order valence-corrected chi connectivity index (χ3v) is 6.31. The van der Waals surface area contributed by atoms with Crippen LogP contribution in [0.4, 0.5) is 0 Å². The zero-order chi connectivity index (χ0) is 19.4. The van der Waals surface area contributed by atoms with Crippen LogP contribution < -0.4 is 0 Å². The van der Waals surface area contributed by atoms with Crippen molar-refractivity contribution >= 4 is 71.3 Å². The van der Waals surface area contributed by atoms with Gasteiger partial charge in [0, 0.05) is 26.9 Å². The summed E-state index contributed by atoms with van der Waals surface area (Å²) in [5.41, 5.74) is 7.84. The van der Waals surface area contributed by atoms with E-state index in [0.29, 0.717) is 0 Å². The third kappa shape index (κ3) is 1.57. The maximum atomic E-state index is 6.16. The minimum absolute atomic E-state index is 0.905. The van der Waals surface area contributed by atoms with Gasteiger partial charge in [-0.1, -0.05) is 48.5 Å². The van der Waals surface area contributed by atoms with E-state index >= 15 is 0 Å². The summed E-state index contributed by atoms with van der Waals surface area (Å²) >= 11 is 0. The molecular formula is C26H13N3O. The van der Waals surface area contributed by atoms with Crippen LogP contribution in [0, 0.1) is 0 Å². The summed E-state index contributed by atoms with van der Waals surface area (Å²) in [7, 11) is 0. The molecule has 0 bridgehead atoms. The van der Waals surface area contributed by atoms with E-state index in [4.69, 9.17) is 14.4 Å². The third-order valence-electron chi connectivity index (χ3n) is 6.31. The normalized spacial score (nSPS) is 12.7. The number of fused-ring (bicyclic) bond motifs is 11. The Morgan fingerprint density at radius 1 is 0.600 bits per heavy atom. The van der Waals surface area contributed by atoms with Gasteiger partial charge in [-0.3, -0.25) is 4.40 Å². The fraction of sp³-hybridized carbons (Fsp3) is 0. The number of para-hydroxylation sites is 4. The lowest BCUT2D eigenvalue weighted by Crippen LogP contribution is -1.88. The highest BCUT2D eigenvalue weighted by atomic mass is 16.3. The summed E-state index contributed by atoms with van der Waals surface area (Å²) in [6.07, 6.45) is 0. The molecule has 138 valence electrons. The van der Waals surface area contributed by atoms with Crippen molar-refractivity contribution in [2.24, 2.45) is 0 Å². The van der Waals surface area contributed by atoms with Gasteiger partial charge in [-0.05, 0) is 30.3 Å². The Labute approximate surface area is 169 Å². The predicted octanol–water partition coefficient (Wildman–Crippen LogP) is 6.68. The molecule has 0 saturated heterocycles. The number of benzene rings is 4. The van der Waals surface area contributed by atoms with Crippen LogP contribution in [0.1, 0.15) is 0 Å². The molecule has 4 heteroatoms. The van der Waals surface area contributed by atoms with Crippen molar-refractivity contribution in [3.63, 3.8) is 0 Å². The number of aromatic nitrogens is 3. The monoisotopic (exact) mass is 383 g/mol. The highest BCUT2D eigenvalue weighted by Gasteiger charge is 2.22. The molecule has 4 heterocycles. The van der Waals surface area contributed by atoms with E-state index in [-0.39, 0.29) is 0 Å². The van der Waals surface area contributed by atoms with E-state index in [0.717, 1.165) is 49.7 Å². The highest BCUT2D eigenvalue weighted by molar-refractivity contribution is 6.31. The average molecular weight is 383 g/mol. The smallest absolute Gasteiger partial charge is 0.165 e. The van der Waals surface area contributed by atoms with Gasteiger partial charge >= 0.3 is 0 Å². The summed E-state index contributed by atoms with van der Waals surface area (Å²) in [5, 5.41) is 5.88. The van der Waals surface area contributed by atoms with Crippen molar-refractivity contribution in [3.05, 3.63) is 78.9 Å². The second-order valence-electron chi connectivity index (χ2n) is 7.85. The molecule has 4 aromatic heterocycles. The number of hydrogen-bond acceptors (Lipinski definition) is 3. The van der Waals surface area contributed by atoms with Crippen LogP contribution in [0.2, 0.25) is 0 Å². The maximum Gasteiger partial charge on any atom is 0.165 e. The van der Waals surface area contributed by atoms with Gasteiger partial charge < -0.3 is 4.42 Å². The molecule has 8 rings (SSSR count). The first-order valence-corrected chi connectivity index (χ1v) is 10.0. The van der Waals surface area contributed by atoms with Gasteiger partial charge in [0.15, 0.2) is 5.65 Å². The Hall–Kier alpha value is -4.18. The summed E-state index contributed by atoms with van der Waals surface area (Å²) < 4.78 is 8.43. The molecule has 0 saturated carbocycles. The van der Waals surface area contributed by atoms with Gasteiger partial charge in [0.25, 0.3) is 0 Å². The van der Waals surface area contributed by atoms with Gasteiger partial charge in [-0.15, -0.1) is 0 Å². The summed E-state index contributed by atoms with van der Waals surface area (Å²) in [6, 6.07) is 27.0. The van der Waals surface area contributed by atoms with Crippen molar-refractivity contribution in [3.8, 4) is 0 Å². The standard InChI is InChI=1S/C26H13N3O/c1-4-11-20-14(6-1)23-21(30-20)13-12-19-22(23)15-7-5-8-16-24-26(29(19)25(15)16)28-18-10-3-2-9-17(18)27-24/h1-13H. The summed E-state index contributed by atoms with van der Waals surface area (Å²) in [4.78, 5) is 10.00. The fourth-order valence-corrected chi connectivity index (χ4v) is 5.11. The molecule has 0 unspecified atom stereocenters. The van der Waals surface area contributed by atoms with Gasteiger partial charge in [-0.2, -0.15) is 0 Å². The number of rotatable bonds is 0. The minimum Gasteiger partial charge on any atom is -0.456 e. The van der Waals surface area contributed by atoms with E-state index in [2.05, 4.69) is 46.9 Å². The first-order valence-electron chi connectivity index (χ1n) is 10.0. The quantitative estimate of drug-likeness (QED) is 0.293. The molecule has 0 radical (unpaired) electrons. The topological polar surface area (TPSA) is 43.3 Å². The molecule has 4 aromatic carbocycles. The molecule has 0 aliphatic carbocycles. The van der Waals surface area contributed by atoms with Gasteiger partial charge in [0.1, 0.15) is 16.7 Å². The molecular weight excluding hydrogens is 370 g/mol. The fourth-order valence-electron chi connectivity index (χ4n) is 5.11. The largest absolute Gasteiger partial charge is 0.456 e. The van der Waals surface area contributed by atoms with Crippen molar-refractivity contribution in [2.75, 3.05) is 0 Å². The molecule has 0 fully saturated rings. The molecule has 0 atom stereocenters. The molecule has 0 spiro atoms. The Bertz CT molecular complexity index is 1960. The lowest BCUT2D eigenvalue weighted by Gasteiger charge is -2.00. The molecule has 8 aromatic rings. The minimum atomic E-state index is 0.905. The van der Waals surface area contributed by atoms with Gasteiger partial charge in [0.05, 0.1) is 22.1 Å². The predicted molar refractivity (Wildman–Crippen MR) is 121 cm³/mol. The molecule has 0 aliphatic heterocycles. The Morgan fingerprint density at radius 2 is 1.37 bits per heavy atom. The average Bonchev–Trinajstić information content (AvgIpc) is 3.43. The van der Waals surface area contributed by atoms with Crippen molar-refractivity contribution < 1.29 is 4.42 Å². The van der Waals surface area contributed by atoms with Crippen molar-refractivity contribution in [2.45, 2.75) is 0 Å². The lowest BCUT2D eigenvalue weighted by molar-refractivity contribution is 0.669. The Balaban J connectivity index is 1.73. The summed E-state index contributed by atoms with van der Waals surface area (Å²) in [6.45, 7) is 0. The van der Waals surface area contributed by atoms with Crippen LogP contribution in [0.25, 0.3) is 71.3 Å². The zero-order valence-electron chi connectivity index (χ0n) is 15.8. The van der Waals surface area contributed by atoms with Crippen LogP contribution >= 0.6 is 0 Å². The maximum absolute atomic E-state index is 6.16. The SMILES string of the molecule is c1ccc2nc3c(nc2c1)c1cccc2c4c5c(ccc4n3c12)oc1ccccc15. The second kappa shape index (κ2) is 4.86. The number of hydrogen-bond donors (Lipinski definition) is 0. The molecule has 0 N–H and O–H groups in total. The van der Waals surface area contributed by atoms with Gasteiger partial charge in [-0.25, -0.2) is 9.97 Å². The van der Waals surface area contributed by atoms with Crippen LogP contribution in [-0.2, 0) is 0 Å². The molecule has 4 nitrogen and oxygen atoms in total. The summed E-state index contributed by atoms with van der Waals surface area (Å²) in [5.74, 6) is 0. The Morgan fingerprint density at radius 3 is 2.30 bits per heavy atom.